The quantitative estimate of drug-likeness (QED) is 0.742. The number of nitrogens with two attached hydrogens (primary N) is 1. The molecule has 1 aromatic carbocycles. The summed E-state index contributed by atoms with van der Waals surface area (Å²) in [6.07, 6.45) is 3.45. The van der Waals surface area contributed by atoms with E-state index in [-0.39, 0.29) is 5.54 Å². The second-order valence-electron chi connectivity index (χ2n) is 5.49. The molecule has 18 heavy (non-hydrogen) atoms. The van der Waals surface area contributed by atoms with Crippen LogP contribution < -0.4 is 11.1 Å². The number of hydrogen-bond donors (Lipinski definition) is 2. The van der Waals surface area contributed by atoms with Gasteiger partial charge in [0.15, 0.2) is 0 Å². The molecule has 2 nitrogen and oxygen atoms in total. The molecule has 1 atom stereocenters. The van der Waals surface area contributed by atoms with Gasteiger partial charge in [-0.25, -0.2) is 0 Å². The third kappa shape index (κ3) is 4.79. The highest BCUT2D eigenvalue weighted by Gasteiger charge is 2.23. The number of nitrogens with one attached hydrogen (secondary N) is 1. The molecule has 0 aliphatic heterocycles. The van der Waals surface area contributed by atoms with E-state index in [0.29, 0.717) is 6.54 Å². The molecule has 3 N–H and O–H groups in total. The van der Waals surface area contributed by atoms with Crippen LogP contribution in [-0.4, -0.2) is 18.6 Å². The van der Waals surface area contributed by atoms with Crippen molar-refractivity contribution in [3.8, 4) is 0 Å². The van der Waals surface area contributed by atoms with Crippen LogP contribution in [0.2, 0.25) is 0 Å². The van der Waals surface area contributed by atoms with E-state index >= 15 is 0 Å². The summed E-state index contributed by atoms with van der Waals surface area (Å²) in [5, 5.41) is 3.67. The molecule has 0 aromatic heterocycles. The van der Waals surface area contributed by atoms with Crippen LogP contribution in [0, 0.1) is 5.92 Å². The van der Waals surface area contributed by atoms with Crippen molar-refractivity contribution in [3.05, 3.63) is 35.9 Å². The zero-order chi connectivity index (χ0) is 13.4. The molecule has 0 amide bonds. The monoisotopic (exact) mass is 248 g/mol. The molecule has 0 saturated heterocycles. The largest absolute Gasteiger partial charge is 0.329 e. The summed E-state index contributed by atoms with van der Waals surface area (Å²) in [6, 6.07) is 10.6. The van der Waals surface area contributed by atoms with Gasteiger partial charge in [-0.05, 0) is 31.4 Å². The van der Waals surface area contributed by atoms with Gasteiger partial charge in [-0.2, -0.15) is 0 Å². The molecule has 1 aromatic rings. The zero-order valence-electron chi connectivity index (χ0n) is 12.1. The lowest BCUT2D eigenvalue weighted by molar-refractivity contribution is 0.319. The van der Waals surface area contributed by atoms with E-state index < -0.39 is 0 Å². The van der Waals surface area contributed by atoms with Crippen molar-refractivity contribution in [1.82, 2.24) is 5.32 Å². The standard InChI is InChI=1S/C16H28N2/c1-4-14(5-2)12-18-16(3,13-17)11-15-9-7-6-8-10-15/h6-10,14,18H,4-5,11-13,17H2,1-3H3. The molecule has 102 valence electrons. The lowest BCUT2D eigenvalue weighted by Gasteiger charge is -2.31. The Morgan fingerprint density at radius 1 is 1.17 bits per heavy atom. The highest BCUT2D eigenvalue weighted by molar-refractivity contribution is 5.17. The predicted molar refractivity (Wildman–Crippen MR) is 79.7 cm³/mol. The van der Waals surface area contributed by atoms with E-state index in [2.05, 4.69) is 56.4 Å². The van der Waals surface area contributed by atoms with Crippen LogP contribution in [-0.2, 0) is 6.42 Å². The Morgan fingerprint density at radius 2 is 1.78 bits per heavy atom. The molecule has 0 aliphatic carbocycles. The Labute approximate surface area is 112 Å². The van der Waals surface area contributed by atoms with E-state index in [1.54, 1.807) is 0 Å². The van der Waals surface area contributed by atoms with Gasteiger partial charge < -0.3 is 11.1 Å². The van der Waals surface area contributed by atoms with Gasteiger partial charge in [-0.1, -0.05) is 57.0 Å². The Bertz CT molecular complexity index is 319. The smallest absolute Gasteiger partial charge is 0.0316 e. The van der Waals surface area contributed by atoms with E-state index in [4.69, 9.17) is 5.73 Å². The average molecular weight is 248 g/mol. The molecule has 0 saturated carbocycles. The van der Waals surface area contributed by atoms with E-state index in [0.717, 1.165) is 18.9 Å². The van der Waals surface area contributed by atoms with Crippen molar-refractivity contribution < 1.29 is 0 Å². The van der Waals surface area contributed by atoms with Crippen molar-refractivity contribution in [2.24, 2.45) is 11.7 Å². The molecule has 0 radical (unpaired) electrons. The predicted octanol–water partition coefficient (Wildman–Crippen LogP) is 2.97. The van der Waals surface area contributed by atoms with Gasteiger partial charge in [0.1, 0.15) is 0 Å². The Kier molecular flexibility index (Phi) is 6.37. The lowest BCUT2D eigenvalue weighted by atomic mass is 9.91. The summed E-state index contributed by atoms with van der Waals surface area (Å²) in [5.41, 5.74) is 7.31. The van der Waals surface area contributed by atoms with Gasteiger partial charge in [0, 0.05) is 12.1 Å². The minimum absolute atomic E-state index is 0.00391. The van der Waals surface area contributed by atoms with Crippen LogP contribution in [0.3, 0.4) is 0 Å². The summed E-state index contributed by atoms with van der Waals surface area (Å²) in [5.74, 6) is 0.756. The second-order valence-corrected chi connectivity index (χ2v) is 5.49. The zero-order valence-corrected chi connectivity index (χ0v) is 12.1. The van der Waals surface area contributed by atoms with Gasteiger partial charge in [-0.3, -0.25) is 0 Å². The SMILES string of the molecule is CCC(CC)CNC(C)(CN)Cc1ccccc1. The number of hydrogen-bond acceptors (Lipinski definition) is 2. The summed E-state index contributed by atoms with van der Waals surface area (Å²) in [7, 11) is 0. The molecule has 0 bridgehead atoms. The van der Waals surface area contributed by atoms with Crippen molar-refractivity contribution in [2.45, 2.75) is 45.6 Å². The normalized spacial score (nSPS) is 14.7. The summed E-state index contributed by atoms with van der Waals surface area (Å²) < 4.78 is 0. The molecule has 0 heterocycles. The van der Waals surface area contributed by atoms with E-state index in [9.17, 15) is 0 Å². The fourth-order valence-electron chi connectivity index (χ4n) is 2.22. The van der Waals surface area contributed by atoms with Crippen molar-refractivity contribution in [3.63, 3.8) is 0 Å². The van der Waals surface area contributed by atoms with Gasteiger partial charge in [-0.15, -0.1) is 0 Å². The Hall–Kier alpha value is -0.860. The highest BCUT2D eigenvalue weighted by Crippen LogP contribution is 2.14. The maximum absolute atomic E-state index is 5.96. The third-order valence-corrected chi connectivity index (χ3v) is 3.86. The summed E-state index contributed by atoms with van der Waals surface area (Å²) in [6.45, 7) is 8.47. The minimum atomic E-state index is 0.00391. The molecule has 0 fully saturated rings. The molecule has 0 spiro atoms. The van der Waals surface area contributed by atoms with Crippen molar-refractivity contribution in [2.75, 3.05) is 13.1 Å². The Balaban J connectivity index is 2.56. The van der Waals surface area contributed by atoms with Gasteiger partial charge in [0.05, 0.1) is 0 Å². The van der Waals surface area contributed by atoms with Crippen LogP contribution in [0.25, 0.3) is 0 Å². The molecule has 2 heteroatoms. The number of rotatable bonds is 8. The van der Waals surface area contributed by atoms with Crippen LogP contribution in [0.4, 0.5) is 0 Å². The third-order valence-electron chi connectivity index (χ3n) is 3.86. The van der Waals surface area contributed by atoms with Gasteiger partial charge in [0.2, 0.25) is 0 Å². The molecular weight excluding hydrogens is 220 g/mol. The van der Waals surface area contributed by atoms with E-state index in [1.807, 2.05) is 0 Å². The average Bonchev–Trinajstić information content (AvgIpc) is 2.41. The topological polar surface area (TPSA) is 38.0 Å². The minimum Gasteiger partial charge on any atom is -0.329 e. The summed E-state index contributed by atoms with van der Waals surface area (Å²) in [4.78, 5) is 0. The maximum atomic E-state index is 5.96. The second kappa shape index (κ2) is 7.55. The first-order valence-corrected chi connectivity index (χ1v) is 7.12. The van der Waals surface area contributed by atoms with Gasteiger partial charge >= 0.3 is 0 Å². The van der Waals surface area contributed by atoms with Crippen LogP contribution in [0.1, 0.15) is 39.2 Å². The van der Waals surface area contributed by atoms with Crippen LogP contribution in [0.5, 0.6) is 0 Å². The number of benzene rings is 1. The molecule has 1 unspecified atom stereocenters. The van der Waals surface area contributed by atoms with Gasteiger partial charge in [0.25, 0.3) is 0 Å². The maximum Gasteiger partial charge on any atom is 0.0316 e. The van der Waals surface area contributed by atoms with Crippen molar-refractivity contribution in [1.29, 1.82) is 0 Å². The van der Waals surface area contributed by atoms with Crippen LogP contribution in [0.15, 0.2) is 30.3 Å². The van der Waals surface area contributed by atoms with Crippen LogP contribution >= 0.6 is 0 Å². The fraction of sp³-hybridized carbons (Fsp3) is 0.625. The first-order valence-electron chi connectivity index (χ1n) is 7.12. The lowest BCUT2D eigenvalue weighted by Crippen LogP contribution is -2.51. The fourth-order valence-corrected chi connectivity index (χ4v) is 2.22. The van der Waals surface area contributed by atoms with Crippen molar-refractivity contribution >= 4 is 0 Å². The molecular formula is C16H28N2. The first-order chi connectivity index (χ1) is 8.63. The highest BCUT2D eigenvalue weighted by atomic mass is 15.0. The molecule has 0 aliphatic rings. The Morgan fingerprint density at radius 3 is 2.28 bits per heavy atom. The van der Waals surface area contributed by atoms with E-state index in [1.165, 1.54) is 18.4 Å². The summed E-state index contributed by atoms with van der Waals surface area (Å²) >= 11 is 0. The molecule has 1 rings (SSSR count). The first kappa shape index (κ1) is 15.2.